The molecule has 0 fully saturated rings. The number of nitrogens with zero attached hydrogens (tertiary/aromatic N) is 2. The summed E-state index contributed by atoms with van der Waals surface area (Å²) < 4.78 is 16.5. The molecule has 0 unspecified atom stereocenters. The van der Waals surface area contributed by atoms with Crippen molar-refractivity contribution in [3.8, 4) is 5.69 Å². The lowest BCUT2D eigenvalue weighted by atomic mass is 10.1. The van der Waals surface area contributed by atoms with Gasteiger partial charge >= 0.3 is 0 Å². The van der Waals surface area contributed by atoms with Crippen molar-refractivity contribution in [2.75, 3.05) is 6.54 Å². The number of rotatable bonds is 4. The summed E-state index contributed by atoms with van der Waals surface area (Å²) in [5.41, 5.74) is 1.43. The topological polar surface area (TPSA) is 29.9 Å². The van der Waals surface area contributed by atoms with Gasteiger partial charge in [-0.2, -0.15) is 5.10 Å². The predicted molar refractivity (Wildman–Crippen MR) is 73.6 cm³/mol. The second-order valence-electron chi connectivity index (χ2n) is 3.63. The maximum Gasteiger partial charge on any atom is 0.149 e. The van der Waals surface area contributed by atoms with Crippen LogP contribution in [0.25, 0.3) is 5.69 Å². The van der Waals surface area contributed by atoms with Gasteiger partial charge in [0.15, 0.2) is 0 Å². The molecule has 2 aromatic rings. The zero-order valence-electron chi connectivity index (χ0n) is 9.45. The highest BCUT2D eigenvalue weighted by Gasteiger charge is 2.11. The Morgan fingerprint density at radius 1 is 1.47 bits per heavy atom. The van der Waals surface area contributed by atoms with Crippen molar-refractivity contribution in [2.45, 2.75) is 13.5 Å². The van der Waals surface area contributed by atoms with E-state index in [0.717, 1.165) is 15.7 Å². The van der Waals surface area contributed by atoms with E-state index in [-0.39, 0.29) is 5.82 Å². The van der Waals surface area contributed by atoms with Gasteiger partial charge in [-0.15, -0.1) is 0 Å². The third-order valence-electron chi connectivity index (χ3n) is 2.42. The van der Waals surface area contributed by atoms with Crippen LogP contribution in [0, 0.1) is 9.39 Å². The van der Waals surface area contributed by atoms with E-state index in [0.29, 0.717) is 12.2 Å². The molecule has 2 rings (SSSR count). The van der Waals surface area contributed by atoms with Gasteiger partial charge in [0.25, 0.3) is 0 Å². The van der Waals surface area contributed by atoms with Crippen LogP contribution in [0.4, 0.5) is 4.39 Å². The Balaban J connectivity index is 2.43. The molecular weight excluding hydrogens is 332 g/mol. The van der Waals surface area contributed by atoms with E-state index in [4.69, 9.17) is 0 Å². The molecule has 3 nitrogen and oxygen atoms in total. The van der Waals surface area contributed by atoms with Crippen molar-refractivity contribution in [1.82, 2.24) is 15.1 Å². The fraction of sp³-hybridized carbons (Fsp3) is 0.250. The number of halogens is 2. The second kappa shape index (κ2) is 5.59. The number of hydrogen-bond donors (Lipinski definition) is 1. The molecule has 0 aliphatic carbocycles. The van der Waals surface area contributed by atoms with Crippen LogP contribution < -0.4 is 5.32 Å². The average Bonchev–Trinajstić information content (AvgIpc) is 2.73. The van der Waals surface area contributed by atoms with Gasteiger partial charge in [-0.05, 0) is 40.8 Å². The summed E-state index contributed by atoms with van der Waals surface area (Å²) in [6, 6.07) is 5.09. The summed E-state index contributed by atoms with van der Waals surface area (Å²) in [4.78, 5) is 0. The molecule has 0 saturated carbocycles. The standard InChI is InChI=1S/C12H13FIN3/c1-2-15-6-9-4-3-5-11(13)12(9)17-8-10(14)7-16-17/h3-5,7-8,15H,2,6H2,1H3. The van der Waals surface area contributed by atoms with E-state index in [2.05, 4.69) is 33.0 Å². The molecule has 17 heavy (non-hydrogen) atoms. The van der Waals surface area contributed by atoms with Crippen LogP contribution in [0.15, 0.2) is 30.6 Å². The number of nitrogens with one attached hydrogen (secondary N) is 1. The van der Waals surface area contributed by atoms with E-state index < -0.39 is 0 Å². The summed E-state index contributed by atoms with van der Waals surface area (Å²) >= 11 is 2.16. The monoisotopic (exact) mass is 345 g/mol. The molecule has 0 atom stereocenters. The average molecular weight is 345 g/mol. The molecule has 1 aromatic carbocycles. The van der Waals surface area contributed by atoms with Crippen molar-refractivity contribution in [3.63, 3.8) is 0 Å². The maximum absolute atomic E-state index is 13.9. The number of aromatic nitrogens is 2. The van der Waals surface area contributed by atoms with Crippen LogP contribution in [0.2, 0.25) is 0 Å². The van der Waals surface area contributed by atoms with Crippen LogP contribution >= 0.6 is 22.6 Å². The Labute approximate surface area is 113 Å². The SMILES string of the molecule is CCNCc1cccc(F)c1-n1cc(I)cn1. The van der Waals surface area contributed by atoms with E-state index in [1.54, 1.807) is 16.9 Å². The zero-order valence-corrected chi connectivity index (χ0v) is 11.6. The van der Waals surface area contributed by atoms with E-state index >= 15 is 0 Å². The molecule has 0 amide bonds. The lowest BCUT2D eigenvalue weighted by Crippen LogP contribution is -2.15. The highest BCUT2D eigenvalue weighted by Crippen LogP contribution is 2.19. The summed E-state index contributed by atoms with van der Waals surface area (Å²) in [6.07, 6.45) is 3.53. The van der Waals surface area contributed by atoms with Crippen molar-refractivity contribution < 1.29 is 4.39 Å². The quantitative estimate of drug-likeness (QED) is 0.864. The van der Waals surface area contributed by atoms with Crippen molar-refractivity contribution in [3.05, 3.63) is 45.5 Å². The minimum atomic E-state index is -0.250. The first-order chi connectivity index (χ1) is 8.22. The molecule has 90 valence electrons. The first-order valence-electron chi connectivity index (χ1n) is 5.41. The Kier molecular flexibility index (Phi) is 4.11. The van der Waals surface area contributed by atoms with Crippen LogP contribution in [-0.2, 0) is 6.54 Å². The molecular formula is C12H13FIN3. The predicted octanol–water partition coefficient (Wildman–Crippen LogP) is 2.73. The van der Waals surface area contributed by atoms with Gasteiger partial charge in [0.2, 0.25) is 0 Å². The van der Waals surface area contributed by atoms with E-state index in [1.165, 1.54) is 6.07 Å². The molecule has 5 heteroatoms. The van der Waals surface area contributed by atoms with Gasteiger partial charge in [-0.3, -0.25) is 0 Å². The van der Waals surface area contributed by atoms with Crippen molar-refractivity contribution >= 4 is 22.6 Å². The lowest BCUT2D eigenvalue weighted by Gasteiger charge is -2.10. The highest BCUT2D eigenvalue weighted by molar-refractivity contribution is 14.1. The molecule has 1 aromatic heterocycles. The summed E-state index contributed by atoms with van der Waals surface area (Å²) in [6.45, 7) is 3.52. The first kappa shape index (κ1) is 12.5. The Hall–Kier alpha value is -0.950. The van der Waals surface area contributed by atoms with Gasteiger partial charge in [0, 0.05) is 12.7 Å². The molecule has 0 aliphatic heterocycles. The van der Waals surface area contributed by atoms with Crippen LogP contribution in [0.1, 0.15) is 12.5 Å². The number of hydrogen-bond acceptors (Lipinski definition) is 2. The molecule has 0 aliphatic rings. The van der Waals surface area contributed by atoms with Crippen molar-refractivity contribution in [1.29, 1.82) is 0 Å². The fourth-order valence-corrected chi connectivity index (χ4v) is 2.03. The smallest absolute Gasteiger partial charge is 0.149 e. The van der Waals surface area contributed by atoms with Gasteiger partial charge in [0.1, 0.15) is 11.5 Å². The normalized spacial score (nSPS) is 10.8. The Morgan fingerprint density at radius 2 is 2.29 bits per heavy atom. The third-order valence-corrected chi connectivity index (χ3v) is 2.97. The Morgan fingerprint density at radius 3 is 2.94 bits per heavy atom. The van der Waals surface area contributed by atoms with E-state index in [1.807, 2.05) is 19.2 Å². The van der Waals surface area contributed by atoms with Crippen molar-refractivity contribution in [2.24, 2.45) is 0 Å². The maximum atomic E-state index is 13.9. The summed E-state index contributed by atoms with van der Waals surface area (Å²) in [5, 5.41) is 7.36. The highest BCUT2D eigenvalue weighted by atomic mass is 127. The fourth-order valence-electron chi connectivity index (χ4n) is 1.64. The number of benzene rings is 1. The largest absolute Gasteiger partial charge is 0.313 e. The van der Waals surface area contributed by atoms with Gasteiger partial charge < -0.3 is 5.32 Å². The second-order valence-corrected chi connectivity index (χ2v) is 4.88. The van der Waals surface area contributed by atoms with Crippen LogP contribution in [-0.4, -0.2) is 16.3 Å². The molecule has 0 radical (unpaired) electrons. The minimum Gasteiger partial charge on any atom is -0.313 e. The van der Waals surface area contributed by atoms with E-state index in [9.17, 15) is 4.39 Å². The van der Waals surface area contributed by atoms with Crippen LogP contribution in [0.3, 0.4) is 0 Å². The van der Waals surface area contributed by atoms with Crippen LogP contribution in [0.5, 0.6) is 0 Å². The molecule has 1 heterocycles. The van der Waals surface area contributed by atoms with Gasteiger partial charge in [-0.25, -0.2) is 9.07 Å². The minimum absolute atomic E-state index is 0.250. The third kappa shape index (κ3) is 2.84. The number of para-hydroxylation sites is 1. The molecule has 1 N–H and O–H groups in total. The molecule has 0 saturated heterocycles. The van der Waals surface area contributed by atoms with Gasteiger partial charge in [-0.1, -0.05) is 19.1 Å². The summed E-state index contributed by atoms with van der Waals surface area (Å²) in [7, 11) is 0. The zero-order chi connectivity index (χ0) is 12.3. The molecule has 0 spiro atoms. The summed E-state index contributed by atoms with van der Waals surface area (Å²) in [5.74, 6) is -0.250. The lowest BCUT2D eigenvalue weighted by molar-refractivity contribution is 0.602. The first-order valence-corrected chi connectivity index (χ1v) is 6.49. The molecule has 0 bridgehead atoms. The van der Waals surface area contributed by atoms with Gasteiger partial charge in [0.05, 0.1) is 9.77 Å². The Bertz CT molecular complexity index is 510.